The zero-order valence-corrected chi connectivity index (χ0v) is 11.9. The number of hydrogen-bond acceptors (Lipinski definition) is 3. The molecule has 0 bridgehead atoms. The minimum absolute atomic E-state index is 0.479. The zero-order valence-electron chi connectivity index (χ0n) is 11.1. The summed E-state index contributed by atoms with van der Waals surface area (Å²) in [6, 6.07) is 9.09. The summed E-state index contributed by atoms with van der Waals surface area (Å²) in [5.74, 6) is 0. The average molecular weight is 266 g/mol. The van der Waals surface area contributed by atoms with Crippen molar-refractivity contribution in [1.29, 1.82) is 5.26 Å². The fourth-order valence-electron chi connectivity index (χ4n) is 1.30. The first-order chi connectivity index (χ1) is 8.19. The number of rotatable bonds is 4. The van der Waals surface area contributed by atoms with Gasteiger partial charge in [-0.05, 0) is 45.4 Å². The summed E-state index contributed by atoms with van der Waals surface area (Å²) in [5, 5.41) is 8.54. The summed E-state index contributed by atoms with van der Waals surface area (Å²) in [6.45, 7) is 6.88. The fraction of sp³-hybridized carbons (Fsp3) is 0.462. The molecule has 0 aliphatic rings. The zero-order chi connectivity index (χ0) is 14.0. The monoisotopic (exact) mass is 266 g/mol. The SMILES string of the molecule is CC(C)S(=O)(=O)Nc1ccc(C(C)(C)C#N)cc1. The Balaban J connectivity index is 2.96. The van der Waals surface area contributed by atoms with Crippen LogP contribution in [-0.4, -0.2) is 13.7 Å². The van der Waals surface area contributed by atoms with Gasteiger partial charge < -0.3 is 0 Å². The molecule has 0 heterocycles. The molecule has 0 atom stereocenters. The van der Waals surface area contributed by atoms with Gasteiger partial charge in [-0.1, -0.05) is 12.1 Å². The molecule has 0 spiro atoms. The molecule has 0 aliphatic heterocycles. The highest BCUT2D eigenvalue weighted by molar-refractivity contribution is 7.93. The quantitative estimate of drug-likeness (QED) is 0.910. The van der Waals surface area contributed by atoms with Crippen LogP contribution < -0.4 is 4.72 Å². The molecule has 5 heteroatoms. The van der Waals surface area contributed by atoms with E-state index < -0.39 is 20.7 Å². The van der Waals surface area contributed by atoms with Crippen molar-refractivity contribution in [3.05, 3.63) is 29.8 Å². The molecular weight excluding hydrogens is 248 g/mol. The van der Waals surface area contributed by atoms with Crippen molar-refractivity contribution in [3.8, 4) is 6.07 Å². The normalized spacial score (nSPS) is 12.2. The van der Waals surface area contributed by atoms with Crippen molar-refractivity contribution >= 4 is 15.7 Å². The molecule has 0 amide bonds. The second kappa shape index (κ2) is 4.99. The molecule has 4 nitrogen and oxygen atoms in total. The van der Waals surface area contributed by atoms with E-state index in [0.717, 1.165) is 5.56 Å². The van der Waals surface area contributed by atoms with Crippen LogP contribution in [0, 0.1) is 11.3 Å². The first kappa shape index (κ1) is 14.5. The maximum Gasteiger partial charge on any atom is 0.235 e. The van der Waals surface area contributed by atoms with Crippen molar-refractivity contribution in [1.82, 2.24) is 0 Å². The summed E-state index contributed by atoms with van der Waals surface area (Å²) in [6.07, 6.45) is 0. The van der Waals surface area contributed by atoms with Crippen LogP contribution in [0.3, 0.4) is 0 Å². The average Bonchev–Trinajstić information content (AvgIpc) is 2.29. The largest absolute Gasteiger partial charge is 0.283 e. The fourth-order valence-corrected chi connectivity index (χ4v) is 2.00. The maximum absolute atomic E-state index is 11.7. The summed E-state index contributed by atoms with van der Waals surface area (Å²) in [7, 11) is -3.32. The van der Waals surface area contributed by atoms with E-state index in [1.54, 1.807) is 38.1 Å². The lowest BCUT2D eigenvalue weighted by Crippen LogP contribution is -2.22. The molecule has 0 saturated carbocycles. The van der Waals surface area contributed by atoms with E-state index in [9.17, 15) is 8.42 Å². The van der Waals surface area contributed by atoms with Gasteiger partial charge in [0, 0.05) is 5.69 Å². The van der Waals surface area contributed by atoms with E-state index in [1.807, 2.05) is 13.8 Å². The van der Waals surface area contributed by atoms with Gasteiger partial charge in [0.1, 0.15) is 0 Å². The predicted octanol–water partition coefficient (Wildman–Crippen LogP) is 2.64. The molecule has 0 fully saturated rings. The molecule has 98 valence electrons. The van der Waals surface area contributed by atoms with Gasteiger partial charge in [0.05, 0.1) is 16.7 Å². The van der Waals surface area contributed by atoms with E-state index in [1.165, 1.54) is 0 Å². The number of nitriles is 1. The van der Waals surface area contributed by atoms with Crippen molar-refractivity contribution in [3.63, 3.8) is 0 Å². The highest BCUT2D eigenvalue weighted by atomic mass is 32.2. The number of nitrogens with zero attached hydrogens (tertiary/aromatic N) is 1. The van der Waals surface area contributed by atoms with Crippen LogP contribution in [0.25, 0.3) is 0 Å². The van der Waals surface area contributed by atoms with Crippen LogP contribution >= 0.6 is 0 Å². The van der Waals surface area contributed by atoms with Crippen molar-refractivity contribution in [2.75, 3.05) is 4.72 Å². The topological polar surface area (TPSA) is 70.0 Å². The van der Waals surface area contributed by atoms with E-state index in [4.69, 9.17) is 5.26 Å². The third-order valence-electron chi connectivity index (χ3n) is 2.77. The van der Waals surface area contributed by atoms with Gasteiger partial charge in [-0.25, -0.2) is 8.42 Å². The lowest BCUT2D eigenvalue weighted by Gasteiger charge is -2.16. The Bertz CT molecular complexity index is 552. The van der Waals surface area contributed by atoms with Gasteiger partial charge in [0.25, 0.3) is 0 Å². The van der Waals surface area contributed by atoms with Crippen LogP contribution in [0.1, 0.15) is 33.3 Å². The van der Waals surface area contributed by atoms with E-state index >= 15 is 0 Å². The number of benzene rings is 1. The summed E-state index contributed by atoms with van der Waals surface area (Å²) >= 11 is 0. The molecule has 0 saturated heterocycles. The summed E-state index contributed by atoms with van der Waals surface area (Å²) in [4.78, 5) is 0. The van der Waals surface area contributed by atoms with E-state index in [-0.39, 0.29) is 0 Å². The van der Waals surface area contributed by atoms with Crippen LogP contribution in [-0.2, 0) is 15.4 Å². The Morgan fingerprint density at radius 3 is 2.11 bits per heavy atom. The van der Waals surface area contributed by atoms with E-state index in [0.29, 0.717) is 5.69 Å². The van der Waals surface area contributed by atoms with Crippen molar-refractivity contribution in [2.45, 2.75) is 38.4 Å². The highest BCUT2D eigenvalue weighted by Crippen LogP contribution is 2.24. The number of nitrogens with one attached hydrogen (secondary N) is 1. The number of sulfonamides is 1. The third-order valence-corrected chi connectivity index (χ3v) is 4.53. The smallest absolute Gasteiger partial charge is 0.235 e. The Labute approximate surface area is 109 Å². The molecule has 0 unspecified atom stereocenters. The van der Waals surface area contributed by atoms with E-state index in [2.05, 4.69) is 10.8 Å². The minimum atomic E-state index is -3.32. The van der Waals surface area contributed by atoms with Gasteiger partial charge in [-0.2, -0.15) is 5.26 Å². The lowest BCUT2D eigenvalue weighted by molar-refractivity contribution is 0.593. The molecular formula is C13H18N2O2S. The van der Waals surface area contributed by atoms with Gasteiger partial charge in [-0.3, -0.25) is 4.72 Å². The second-order valence-corrected chi connectivity index (χ2v) is 7.25. The maximum atomic E-state index is 11.7. The molecule has 0 aliphatic carbocycles. The lowest BCUT2D eigenvalue weighted by atomic mass is 9.86. The van der Waals surface area contributed by atoms with Crippen molar-refractivity contribution < 1.29 is 8.42 Å². The van der Waals surface area contributed by atoms with Gasteiger partial charge in [0.15, 0.2) is 0 Å². The molecule has 0 aromatic heterocycles. The molecule has 0 radical (unpaired) electrons. The molecule has 18 heavy (non-hydrogen) atoms. The Kier molecular flexibility index (Phi) is 4.02. The predicted molar refractivity (Wildman–Crippen MR) is 72.8 cm³/mol. The van der Waals surface area contributed by atoms with Crippen molar-refractivity contribution in [2.24, 2.45) is 0 Å². The molecule has 1 N–H and O–H groups in total. The Hall–Kier alpha value is -1.54. The van der Waals surface area contributed by atoms with Gasteiger partial charge in [0.2, 0.25) is 10.0 Å². The van der Waals surface area contributed by atoms with Crippen LogP contribution in [0.5, 0.6) is 0 Å². The first-order valence-electron chi connectivity index (χ1n) is 5.72. The molecule has 1 rings (SSSR count). The van der Waals surface area contributed by atoms with Gasteiger partial charge >= 0.3 is 0 Å². The minimum Gasteiger partial charge on any atom is -0.283 e. The Morgan fingerprint density at radius 1 is 1.22 bits per heavy atom. The first-order valence-corrected chi connectivity index (χ1v) is 7.27. The molecule has 1 aromatic rings. The third kappa shape index (κ3) is 3.23. The number of hydrogen-bond donors (Lipinski definition) is 1. The van der Waals surface area contributed by atoms with Crippen LogP contribution in [0.15, 0.2) is 24.3 Å². The Morgan fingerprint density at radius 2 is 1.72 bits per heavy atom. The highest BCUT2D eigenvalue weighted by Gasteiger charge is 2.20. The standard InChI is InChI=1S/C13H18N2O2S/c1-10(2)18(16,17)15-12-7-5-11(6-8-12)13(3,4)9-14/h5-8,10,15H,1-4H3. The van der Waals surface area contributed by atoms with Crippen LogP contribution in [0.2, 0.25) is 0 Å². The summed E-state index contributed by atoms with van der Waals surface area (Å²) in [5.41, 5.74) is 0.800. The number of anilines is 1. The van der Waals surface area contributed by atoms with Crippen LogP contribution in [0.4, 0.5) is 5.69 Å². The second-order valence-electron chi connectivity index (χ2n) is 5.01. The summed E-state index contributed by atoms with van der Waals surface area (Å²) < 4.78 is 25.9. The molecule has 1 aromatic carbocycles. The van der Waals surface area contributed by atoms with Gasteiger partial charge in [-0.15, -0.1) is 0 Å².